The van der Waals surface area contributed by atoms with Gasteiger partial charge in [0.05, 0.1) is 6.07 Å². The third-order valence-corrected chi connectivity index (χ3v) is 3.46. The average Bonchev–Trinajstić information content (AvgIpc) is 2.50. The van der Waals surface area contributed by atoms with Crippen LogP contribution in [0.4, 0.5) is 4.39 Å². The van der Waals surface area contributed by atoms with Gasteiger partial charge >= 0.3 is 0 Å². The Bertz CT molecular complexity index is 666. The Kier molecular flexibility index (Phi) is 4.49. The van der Waals surface area contributed by atoms with Gasteiger partial charge < -0.3 is 0 Å². The van der Waals surface area contributed by atoms with Crippen molar-refractivity contribution in [3.8, 4) is 6.07 Å². The maximum Gasteiger partial charge on any atom is 0.184 e. The number of Topliss-reactive ketones (excluding diaryl/α,β-unsaturated/α-hetero) is 1. The van der Waals surface area contributed by atoms with Crippen LogP contribution >= 0.6 is 0 Å². The van der Waals surface area contributed by atoms with Crippen LogP contribution < -0.4 is 0 Å². The monoisotopic (exact) mass is 281 g/mol. The summed E-state index contributed by atoms with van der Waals surface area (Å²) in [6.07, 6.45) is 0. The number of rotatable bonds is 4. The summed E-state index contributed by atoms with van der Waals surface area (Å²) < 4.78 is 12.9. The molecular formula is C18H16FNO. The largest absolute Gasteiger partial charge is 0.292 e. The molecule has 0 heterocycles. The van der Waals surface area contributed by atoms with Gasteiger partial charge in [-0.2, -0.15) is 5.26 Å². The Hall–Kier alpha value is -2.47. The molecule has 0 N–H and O–H groups in total. The molecule has 0 aliphatic rings. The summed E-state index contributed by atoms with van der Waals surface area (Å²) in [5.41, 5.74) is 2.15. The zero-order chi connectivity index (χ0) is 15.4. The second kappa shape index (κ2) is 6.32. The minimum atomic E-state index is -0.907. The Labute approximate surface area is 123 Å². The van der Waals surface area contributed by atoms with Crippen LogP contribution in [-0.4, -0.2) is 5.78 Å². The SMILES string of the molecule is CC(C)c1ccc(C(=O)C(C#N)c2ccc(F)cc2)cc1. The second-order valence-corrected chi connectivity index (χ2v) is 5.25. The number of nitrogens with zero attached hydrogens (tertiary/aromatic N) is 1. The highest BCUT2D eigenvalue weighted by Gasteiger charge is 2.21. The van der Waals surface area contributed by atoms with Crippen molar-refractivity contribution in [1.82, 2.24) is 0 Å². The maximum absolute atomic E-state index is 12.9. The smallest absolute Gasteiger partial charge is 0.184 e. The van der Waals surface area contributed by atoms with E-state index in [-0.39, 0.29) is 11.6 Å². The Morgan fingerprint density at radius 1 is 1.00 bits per heavy atom. The van der Waals surface area contributed by atoms with Gasteiger partial charge in [0.15, 0.2) is 5.78 Å². The third-order valence-electron chi connectivity index (χ3n) is 3.46. The molecule has 2 rings (SSSR count). The van der Waals surface area contributed by atoms with Crippen molar-refractivity contribution in [2.24, 2.45) is 0 Å². The fourth-order valence-corrected chi connectivity index (χ4v) is 2.14. The van der Waals surface area contributed by atoms with Crippen molar-refractivity contribution in [1.29, 1.82) is 5.26 Å². The average molecular weight is 281 g/mol. The standard InChI is InChI=1S/C18H16FNO/c1-12(2)13-3-5-15(6-4-13)18(21)17(11-20)14-7-9-16(19)10-8-14/h3-10,12,17H,1-2H3. The van der Waals surface area contributed by atoms with E-state index in [0.29, 0.717) is 17.0 Å². The maximum atomic E-state index is 12.9. The van der Waals surface area contributed by atoms with Gasteiger partial charge in [0.1, 0.15) is 11.7 Å². The molecule has 0 fully saturated rings. The lowest BCUT2D eigenvalue weighted by Gasteiger charge is -2.10. The first-order chi connectivity index (χ1) is 10.0. The summed E-state index contributed by atoms with van der Waals surface area (Å²) in [6.45, 7) is 4.15. The van der Waals surface area contributed by atoms with Crippen LogP contribution in [0.5, 0.6) is 0 Å². The number of benzene rings is 2. The van der Waals surface area contributed by atoms with Gasteiger partial charge in [-0.15, -0.1) is 0 Å². The van der Waals surface area contributed by atoms with E-state index >= 15 is 0 Å². The molecule has 0 saturated carbocycles. The van der Waals surface area contributed by atoms with Gasteiger partial charge in [-0.3, -0.25) is 4.79 Å². The van der Waals surface area contributed by atoms with Crippen LogP contribution in [-0.2, 0) is 0 Å². The summed E-state index contributed by atoms with van der Waals surface area (Å²) in [7, 11) is 0. The molecule has 3 heteroatoms. The van der Waals surface area contributed by atoms with Crippen LogP contribution in [0.3, 0.4) is 0 Å². The van der Waals surface area contributed by atoms with Crippen molar-refractivity contribution in [3.63, 3.8) is 0 Å². The summed E-state index contributed by atoms with van der Waals surface area (Å²) >= 11 is 0. The zero-order valence-corrected chi connectivity index (χ0v) is 12.0. The Balaban J connectivity index is 2.28. The number of hydrogen-bond donors (Lipinski definition) is 0. The van der Waals surface area contributed by atoms with Crippen LogP contribution in [0.25, 0.3) is 0 Å². The van der Waals surface area contributed by atoms with Gasteiger partial charge in [-0.1, -0.05) is 50.2 Å². The highest BCUT2D eigenvalue weighted by molar-refractivity contribution is 6.02. The molecule has 2 aromatic carbocycles. The van der Waals surface area contributed by atoms with Crippen molar-refractivity contribution >= 4 is 5.78 Å². The lowest BCUT2D eigenvalue weighted by atomic mass is 9.91. The minimum absolute atomic E-state index is 0.264. The van der Waals surface area contributed by atoms with E-state index in [1.165, 1.54) is 24.3 Å². The van der Waals surface area contributed by atoms with Crippen LogP contribution in [0, 0.1) is 17.1 Å². The van der Waals surface area contributed by atoms with Gasteiger partial charge in [0.25, 0.3) is 0 Å². The summed E-state index contributed by atoms with van der Waals surface area (Å²) in [5.74, 6) is -1.17. The first kappa shape index (κ1) is 14.9. The topological polar surface area (TPSA) is 40.9 Å². The number of nitriles is 1. The molecule has 2 nitrogen and oxygen atoms in total. The van der Waals surface area contributed by atoms with Gasteiger partial charge in [-0.05, 0) is 29.2 Å². The van der Waals surface area contributed by atoms with Crippen LogP contribution in [0.15, 0.2) is 48.5 Å². The van der Waals surface area contributed by atoms with E-state index in [1.54, 1.807) is 12.1 Å². The van der Waals surface area contributed by atoms with Crippen LogP contribution in [0.2, 0.25) is 0 Å². The van der Waals surface area contributed by atoms with Gasteiger partial charge in [0, 0.05) is 5.56 Å². The van der Waals surface area contributed by atoms with Gasteiger partial charge in [-0.25, -0.2) is 4.39 Å². The molecule has 0 aliphatic heterocycles. The third kappa shape index (κ3) is 3.35. The van der Waals surface area contributed by atoms with E-state index in [1.807, 2.05) is 18.2 Å². The molecular weight excluding hydrogens is 265 g/mol. The molecule has 2 aromatic rings. The number of carbonyl (C=O) groups is 1. The molecule has 0 aliphatic carbocycles. The molecule has 1 atom stereocenters. The number of carbonyl (C=O) groups excluding carboxylic acids is 1. The molecule has 0 spiro atoms. The highest BCUT2D eigenvalue weighted by atomic mass is 19.1. The normalized spacial score (nSPS) is 12.0. The lowest BCUT2D eigenvalue weighted by molar-refractivity contribution is 0.0979. The summed E-state index contributed by atoms with van der Waals surface area (Å²) in [6, 6.07) is 14.8. The van der Waals surface area contributed by atoms with Crippen molar-refractivity contribution < 1.29 is 9.18 Å². The fourth-order valence-electron chi connectivity index (χ4n) is 2.14. The van der Waals surface area contributed by atoms with E-state index in [0.717, 1.165) is 5.56 Å². The van der Waals surface area contributed by atoms with E-state index in [9.17, 15) is 14.4 Å². The van der Waals surface area contributed by atoms with Crippen molar-refractivity contribution in [2.75, 3.05) is 0 Å². The molecule has 0 saturated heterocycles. The second-order valence-electron chi connectivity index (χ2n) is 5.25. The molecule has 0 aromatic heterocycles. The quantitative estimate of drug-likeness (QED) is 0.777. The summed E-state index contributed by atoms with van der Waals surface area (Å²) in [4.78, 5) is 12.4. The van der Waals surface area contributed by atoms with E-state index in [4.69, 9.17) is 0 Å². The lowest BCUT2D eigenvalue weighted by Crippen LogP contribution is -2.11. The molecule has 0 amide bonds. The number of ketones is 1. The minimum Gasteiger partial charge on any atom is -0.292 e. The molecule has 0 radical (unpaired) electrons. The van der Waals surface area contributed by atoms with Crippen molar-refractivity contribution in [2.45, 2.75) is 25.7 Å². The summed E-state index contributed by atoms with van der Waals surface area (Å²) in [5, 5.41) is 9.26. The number of hydrogen-bond acceptors (Lipinski definition) is 2. The number of halogens is 1. The van der Waals surface area contributed by atoms with Gasteiger partial charge in [0.2, 0.25) is 0 Å². The Morgan fingerprint density at radius 3 is 2.00 bits per heavy atom. The van der Waals surface area contributed by atoms with Crippen molar-refractivity contribution in [3.05, 3.63) is 71.0 Å². The molecule has 21 heavy (non-hydrogen) atoms. The predicted molar refractivity (Wildman–Crippen MR) is 79.6 cm³/mol. The molecule has 1 unspecified atom stereocenters. The van der Waals surface area contributed by atoms with E-state index in [2.05, 4.69) is 13.8 Å². The first-order valence-corrected chi connectivity index (χ1v) is 6.82. The zero-order valence-electron chi connectivity index (χ0n) is 12.0. The van der Waals surface area contributed by atoms with E-state index < -0.39 is 5.92 Å². The predicted octanol–water partition coefficient (Wildman–Crippen LogP) is 4.44. The fraction of sp³-hybridized carbons (Fsp3) is 0.222. The molecule has 0 bridgehead atoms. The van der Waals surface area contributed by atoms with Crippen LogP contribution in [0.1, 0.15) is 47.2 Å². The molecule has 106 valence electrons. The Morgan fingerprint density at radius 2 is 1.52 bits per heavy atom. The first-order valence-electron chi connectivity index (χ1n) is 6.82. The highest BCUT2D eigenvalue weighted by Crippen LogP contribution is 2.22.